The second-order valence-electron chi connectivity index (χ2n) is 3.52. The Morgan fingerprint density at radius 3 is 2.33 bits per heavy atom. The van der Waals surface area contributed by atoms with E-state index in [1.165, 1.54) is 0 Å². The van der Waals surface area contributed by atoms with E-state index in [1.807, 2.05) is 12.1 Å². The van der Waals surface area contributed by atoms with Crippen molar-refractivity contribution in [3.63, 3.8) is 0 Å². The first-order valence-corrected chi connectivity index (χ1v) is 5.39. The van der Waals surface area contributed by atoms with Gasteiger partial charge in [0.15, 0.2) is 0 Å². The number of benzene rings is 1. The van der Waals surface area contributed by atoms with Crippen LogP contribution in [-0.4, -0.2) is 28.3 Å². The van der Waals surface area contributed by atoms with Gasteiger partial charge in [-0.25, -0.2) is 9.97 Å². The van der Waals surface area contributed by atoms with Gasteiger partial charge in [-0.15, -0.1) is 0 Å². The van der Waals surface area contributed by atoms with Gasteiger partial charge < -0.3 is 9.84 Å². The van der Waals surface area contributed by atoms with Gasteiger partial charge in [0.1, 0.15) is 6.61 Å². The second-order valence-corrected chi connectivity index (χ2v) is 3.52. The predicted molar refractivity (Wildman–Crippen MR) is 64.8 cm³/mol. The van der Waals surface area contributed by atoms with Crippen molar-refractivity contribution in [2.24, 2.45) is 0 Å². The van der Waals surface area contributed by atoms with Gasteiger partial charge in [-0.2, -0.15) is 5.26 Å². The number of hydrogen-bond donors (Lipinski definition) is 1. The molecule has 90 valence electrons. The van der Waals surface area contributed by atoms with Crippen molar-refractivity contribution in [3.8, 4) is 23.2 Å². The number of nitrogens with zero attached hydrogens (tertiary/aromatic N) is 3. The zero-order chi connectivity index (χ0) is 12.8. The molecule has 1 heterocycles. The summed E-state index contributed by atoms with van der Waals surface area (Å²) in [7, 11) is 0. The fraction of sp³-hybridized carbons (Fsp3) is 0.154. The Morgan fingerprint density at radius 2 is 1.78 bits per heavy atom. The first-order chi connectivity index (χ1) is 8.83. The molecule has 0 spiro atoms. The largest absolute Gasteiger partial charge is 0.461 e. The van der Waals surface area contributed by atoms with Crippen LogP contribution in [0.1, 0.15) is 5.56 Å². The van der Waals surface area contributed by atoms with Gasteiger partial charge in [0.2, 0.25) is 0 Å². The van der Waals surface area contributed by atoms with E-state index in [4.69, 9.17) is 15.1 Å². The Morgan fingerprint density at radius 1 is 1.11 bits per heavy atom. The van der Waals surface area contributed by atoms with E-state index in [1.54, 1.807) is 24.5 Å². The molecule has 0 saturated carbocycles. The maximum absolute atomic E-state index is 8.71. The van der Waals surface area contributed by atoms with Crippen LogP contribution in [-0.2, 0) is 0 Å². The van der Waals surface area contributed by atoms with E-state index in [2.05, 4.69) is 16.0 Å². The summed E-state index contributed by atoms with van der Waals surface area (Å²) in [5, 5.41) is 17.3. The number of ether oxygens (including phenoxy) is 1. The molecule has 0 saturated heterocycles. The van der Waals surface area contributed by atoms with Crippen molar-refractivity contribution >= 4 is 0 Å². The minimum absolute atomic E-state index is 0.0687. The summed E-state index contributed by atoms with van der Waals surface area (Å²) < 4.78 is 5.07. The Bertz CT molecular complexity index is 544. The van der Waals surface area contributed by atoms with Gasteiger partial charge >= 0.3 is 6.01 Å². The molecule has 0 fully saturated rings. The highest BCUT2D eigenvalue weighted by Crippen LogP contribution is 2.18. The van der Waals surface area contributed by atoms with Crippen LogP contribution < -0.4 is 4.74 Å². The third kappa shape index (κ3) is 2.81. The highest BCUT2D eigenvalue weighted by Gasteiger charge is 2.01. The molecule has 5 nitrogen and oxygen atoms in total. The molecule has 18 heavy (non-hydrogen) atoms. The van der Waals surface area contributed by atoms with Gasteiger partial charge in [-0.05, 0) is 17.7 Å². The van der Waals surface area contributed by atoms with Crippen LogP contribution in [0.2, 0.25) is 0 Å². The van der Waals surface area contributed by atoms with Crippen LogP contribution >= 0.6 is 0 Å². The van der Waals surface area contributed by atoms with Crippen molar-refractivity contribution in [1.29, 1.82) is 5.26 Å². The number of hydrogen-bond acceptors (Lipinski definition) is 5. The fourth-order valence-corrected chi connectivity index (χ4v) is 1.41. The lowest BCUT2D eigenvalue weighted by molar-refractivity contribution is 0.191. The Hall–Kier alpha value is -2.45. The molecule has 2 rings (SSSR count). The molecule has 0 bridgehead atoms. The summed E-state index contributed by atoms with van der Waals surface area (Å²) in [6.45, 7) is 0.108. The Labute approximate surface area is 104 Å². The monoisotopic (exact) mass is 241 g/mol. The molecule has 0 aliphatic heterocycles. The maximum Gasteiger partial charge on any atom is 0.316 e. The van der Waals surface area contributed by atoms with E-state index in [-0.39, 0.29) is 19.2 Å². The smallest absolute Gasteiger partial charge is 0.316 e. The molecule has 2 aromatic rings. The average Bonchev–Trinajstić information content (AvgIpc) is 2.46. The van der Waals surface area contributed by atoms with Crippen LogP contribution in [0.5, 0.6) is 6.01 Å². The van der Waals surface area contributed by atoms with Crippen molar-refractivity contribution in [3.05, 3.63) is 42.2 Å². The summed E-state index contributed by atoms with van der Waals surface area (Å²) in [5.41, 5.74) is 2.39. The van der Waals surface area contributed by atoms with Crippen molar-refractivity contribution < 1.29 is 9.84 Å². The van der Waals surface area contributed by atoms with E-state index in [0.29, 0.717) is 5.56 Å². The third-order valence-corrected chi connectivity index (χ3v) is 2.30. The van der Waals surface area contributed by atoms with E-state index in [9.17, 15) is 0 Å². The third-order valence-electron chi connectivity index (χ3n) is 2.30. The second kappa shape index (κ2) is 5.75. The summed E-state index contributed by atoms with van der Waals surface area (Å²) in [6.07, 6.45) is 3.28. The topological polar surface area (TPSA) is 79.0 Å². The molecule has 1 N–H and O–H groups in total. The minimum Gasteiger partial charge on any atom is -0.461 e. The van der Waals surface area contributed by atoms with Crippen LogP contribution in [0.25, 0.3) is 11.1 Å². The highest BCUT2D eigenvalue weighted by molar-refractivity contribution is 5.62. The van der Waals surface area contributed by atoms with Crippen molar-refractivity contribution in [1.82, 2.24) is 9.97 Å². The predicted octanol–water partition coefficient (Wildman–Crippen LogP) is 1.39. The van der Waals surface area contributed by atoms with Gasteiger partial charge in [0.25, 0.3) is 0 Å². The Kier molecular flexibility index (Phi) is 3.84. The Balaban J connectivity index is 2.15. The lowest BCUT2D eigenvalue weighted by Crippen LogP contribution is -2.04. The zero-order valence-corrected chi connectivity index (χ0v) is 9.58. The van der Waals surface area contributed by atoms with Gasteiger partial charge in [0, 0.05) is 18.0 Å². The number of aliphatic hydroxyl groups excluding tert-OH is 1. The van der Waals surface area contributed by atoms with Gasteiger partial charge in [0.05, 0.1) is 18.2 Å². The normalized spacial score (nSPS) is 9.78. The molecule has 0 atom stereocenters. The first kappa shape index (κ1) is 12.0. The quantitative estimate of drug-likeness (QED) is 0.874. The number of rotatable bonds is 4. The minimum atomic E-state index is -0.0687. The number of nitriles is 1. The highest BCUT2D eigenvalue weighted by atomic mass is 16.5. The van der Waals surface area contributed by atoms with Crippen LogP contribution in [0.3, 0.4) is 0 Å². The summed E-state index contributed by atoms with van der Waals surface area (Å²) in [4.78, 5) is 8.05. The summed E-state index contributed by atoms with van der Waals surface area (Å²) in [6, 6.07) is 9.46. The van der Waals surface area contributed by atoms with Crippen LogP contribution in [0.4, 0.5) is 0 Å². The van der Waals surface area contributed by atoms with Crippen LogP contribution in [0.15, 0.2) is 36.7 Å². The molecule has 1 aromatic heterocycles. The van der Waals surface area contributed by atoms with Crippen LogP contribution in [0, 0.1) is 11.3 Å². The molecule has 5 heteroatoms. The molecule has 0 radical (unpaired) electrons. The van der Waals surface area contributed by atoms with Crippen molar-refractivity contribution in [2.45, 2.75) is 0 Å². The van der Waals surface area contributed by atoms with E-state index >= 15 is 0 Å². The molecular weight excluding hydrogens is 230 g/mol. The van der Waals surface area contributed by atoms with E-state index in [0.717, 1.165) is 11.1 Å². The number of aromatic nitrogens is 2. The lowest BCUT2D eigenvalue weighted by Gasteiger charge is -2.03. The molecular formula is C13H11N3O2. The standard InChI is InChI=1S/C13H11N3O2/c14-7-10-1-3-11(4-2-10)12-8-15-13(16-9-12)18-6-5-17/h1-4,8-9,17H,5-6H2. The lowest BCUT2D eigenvalue weighted by atomic mass is 10.1. The fourth-order valence-electron chi connectivity index (χ4n) is 1.41. The molecule has 0 aliphatic rings. The molecule has 0 amide bonds. The molecule has 1 aromatic carbocycles. The summed E-state index contributed by atoms with van der Waals surface area (Å²) in [5.74, 6) is 0. The zero-order valence-electron chi connectivity index (χ0n) is 9.58. The van der Waals surface area contributed by atoms with E-state index < -0.39 is 0 Å². The average molecular weight is 241 g/mol. The van der Waals surface area contributed by atoms with Crippen molar-refractivity contribution in [2.75, 3.05) is 13.2 Å². The molecule has 0 unspecified atom stereocenters. The molecule has 0 aliphatic carbocycles. The maximum atomic E-state index is 8.71. The first-order valence-electron chi connectivity index (χ1n) is 5.39. The number of aliphatic hydroxyl groups is 1. The van der Waals surface area contributed by atoms with Gasteiger partial charge in [-0.3, -0.25) is 0 Å². The SMILES string of the molecule is N#Cc1ccc(-c2cnc(OCCO)nc2)cc1. The van der Waals surface area contributed by atoms with Gasteiger partial charge in [-0.1, -0.05) is 12.1 Å². The summed E-state index contributed by atoms with van der Waals surface area (Å²) >= 11 is 0.